The average molecular weight is 550 g/mol. The second-order valence-electron chi connectivity index (χ2n) is 11.1. The van der Waals surface area contributed by atoms with Crippen molar-refractivity contribution in [1.29, 1.82) is 0 Å². The quantitative estimate of drug-likeness (QED) is 0.167. The lowest BCUT2D eigenvalue weighted by atomic mass is 9.98. The Kier molecular flexibility index (Phi) is 15.5. The second-order valence-corrected chi connectivity index (χ2v) is 11.5. The Labute approximate surface area is 236 Å². The SMILES string of the molecule is CCCCCCCN(C(=O)C(CS)NC(=O)OC(C)(C)C)C(C(=O)NCCCCC)c1cc(C)cc(C)c1. The normalized spacial score (nSPS) is 12.9. The van der Waals surface area contributed by atoms with E-state index in [2.05, 4.69) is 43.2 Å². The molecule has 3 amide bonds. The van der Waals surface area contributed by atoms with E-state index in [0.717, 1.165) is 68.1 Å². The van der Waals surface area contributed by atoms with Crippen molar-refractivity contribution in [2.75, 3.05) is 18.8 Å². The van der Waals surface area contributed by atoms with E-state index in [4.69, 9.17) is 4.74 Å². The van der Waals surface area contributed by atoms with Gasteiger partial charge >= 0.3 is 6.09 Å². The number of ether oxygens (including phenoxy) is 1. The molecule has 2 atom stereocenters. The Hall–Kier alpha value is -2.22. The summed E-state index contributed by atoms with van der Waals surface area (Å²) in [4.78, 5) is 41.9. The van der Waals surface area contributed by atoms with Gasteiger partial charge in [-0.3, -0.25) is 9.59 Å². The molecule has 0 saturated carbocycles. The Morgan fingerprint density at radius 3 is 2.05 bits per heavy atom. The van der Waals surface area contributed by atoms with E-state index in [0.29, 0.717) is 13.1 Å². The van der Waals surface area contributed by atoms with E-state index in [9.17, 15) is 14.4 Å². The maximum Gasteiger partial charge on any atom is 0.408 e. The third kappa shape index (κ3) is 12.5. The lowest BCUT2D eigenvalue weighted by molar-refractivity contribution is -0.142. The van der Waals surface area contributed by atoms with Crippen LogP contribution in [0.4, 0.5) is 4.79 Å². The molecule has 1 aromatic carbocycles. The topological polar surface area (TPSA) is 87.7 Å². The molecular formula is C30H51N3O4S. The van der Waals surface area contributed by atoms with Gasteiger partial charge in [0.05, 0.1) is 0 Å². The zero-order chi connectivity index (χ0) is 28.7. The predicted octanol–water partition coefficient (Wildman–Crippen LogP) is 6.27. The van der Waals surface area contributed by atoms with E-state index in [1.54, 1.807) is 25.7 Å². The van der Waals surface area contributed by atoms with Crippen LogP contribution in [0.3, 0.4) is 0 Å². The van der Waals surface area contributed by atoms with Crippen molar-refractivity contribution >= 4 is 30.5 Å². The van der Waals surface area contributed by atoms with Crippen LogP contribution in [0.5, 0.6) is 0 Å². The van der Waals surface area contributed by atoms with Crippen molar-refractivity contribution in [2.45, 2.75) is 118 Å². The maximum absolute atomic E-state index is 14.0. The molecule has 0 fully saturated rings. The maximum atomic E-state index is 14.0. The van der Waals surface area contributed by atoms with Gasteiger partial charge in [0.25, 0.3) is 0 Å². The molecule has 7 nitrogen and oxygen atoms in total. The predicted molar refractivity (Wildman–Crippen MR) is 159 cm³/mol. The molecule has 0 bridgehead atoms. The fourth-order valence-corrected chi connectivity index (χ4v) is 4.66. The summed E-state index contributed by atoms with van der Waals surface area (Å²) in [6.07, 6.45) is 7.33. The van der Waals surface area contributed by atoms with Crippen molar-refractivity contribution in [2.24, 2.45) is 0 Å². The average Bonchev–Trinajstić information content (AvgIpc) is 2.82. The molecule has 38 heavy (non-hydrogen) atoms. The number of rotatable bonds is 16. The van der Waals surface area contributed by atoms with Gasteiger partial charge in [-0.2, -0.15) is 12.6 Å². The van der Waals surface area contributed by atoms with Crippen LogP contribution < -0.4 is 10.6 Å². The third-order valence-electron chi connectivity index (χ3n) is 6.16. The van der Waals surface area contributed by atoms with Crippen molar-refractivity contribution in [3.8, 4) is 0 Å². The van der Waals surface area contributed by atoms with Crippen LogP contribution in [0.25, 0.3) is 0 Å². The zero-order valence-corrected chi connectivity index (χ0v) is 25.6. The molecule has 0 spiro atoms. The molecule has 0 saturated heterocycles. The summed E-state index contributed by atoms with van der Waals surface area (Å²) in [6.45, 7) is 14.5. The lowest BCUT2D eigenvalue weighted by Crippen LogP contribution is -2.54. The summed E-state index contributed by atoms with van der Waals surface area (Å²) in [5, 5.41) is 5.75. The van der Waals surface area contributed by atoms with Gasteiger partial charge in [0.15, 0.2) is 0 Å². The Morgan fingerprint density at radius 2 is 1.50 bits per heavy atom. The molecule has 1 aromatic rings. The highest BCUT2D eigenvalue weighted by atomic mass is 32.1. The minimum Gasteiger partial charge on any atom is -0.444 e. The largest absolute Gasteiger partial charge is 0.444 e. The molecular weight excluding hydrogens is 498 g/mol. The standard InChI is InChI=1S/C30H51N3O4S/c1-8-10-12-13-15-17-33(28(35)25(21-38)32-29(36)37-30(5,6)7)26(27(34)31-16-14-11-9-2)24-19-22(3)18-23(4)20-24/h18-20,25-26,38H,8-17,21H2,1-7H3,(H,31,34)(H,32,36). The molecule has 1 rings (SSSR count). The highest BCUT2D eigenvalue weighted by molar-refractivity contribution is 7.80. The first kappa shape index (κ1) is 33.8. The van der Waals surface area contributed by atoms with Crippen LogP contribution in [0.15, 0.2) is 18.2 Å². The summed E-state index contributed by atoms with van der Waals surface area (Å²) in [5.74, 6) is -0.459. The Balaban J connectivity index is 3.38. The first-order valence-corrected chi connectivity index (χ1v) is 14.8. The third-order valence-corrected chi connectivity index (χ3v) is 6.52. The molecule has 2 N–H and O–H groups in total. The van der Waals surface area contributed by atoms with E-state index in [-0.39, 0.29) is 17.6 Å². The van der Waals surface area contributed by atoms with E-state index < -0.39 is 23.8 Å². The number of thiol groups is 1. The van der Waals surface area contributed by atoms with Gasteiger partial charge in [0.2, 0.25) is 11.8 Å². The zero-order valence-electron chi connectivity index (χ0n) is 24.7. The van der Waals surface area contributed by atoms with Crippen molar-refractivity contribution < 1.29 is 19.1 Å². The number of hydrogen-bond donors (Lipinski definition) is 3. The number of amides is 3. The number of benzene rings is 1. The number of carbonyl (C=O) groups excluding carboxylic acids is 3. The molecule has 2 unspecified atom stereocenters. The van der Waals surface area contributed by atoms with E-state index >= 15 is 0 Å². The lowest BCUT2D eigenvalue weighted by Gasteiger charge is -2.34. The van der Waals surface area contributed by atoms with Gasteiger partial charge < -0.3 is 20.3 Å². The van der Waals surface area contributed by atoms with Gasteiger partial charge in [-0.25, -0.2) is 4.79 Å². The molecule has 0 aliphatic heterocycles. The minimum atomic E-state index is -0.926. The number of nitrogens with zero attached hydrogens (tertiary/aromatic N) is 1. The van der Waals surface area contributed by atoms with Gasteiger partial charge in [0, 0.05) is 18.8 Å². The van der Waals surface area contributed by atoms with Gasteiger partial charge in [-0.05, 0) is 53.0 Å². The van der Waals surface area contributed by atoms with Crippen LogP contribution >= 0.6 is 12.6 Å². The van der Waals surface area contributed by atoms with Crippen molar-refractivity contribution in [3.63, 3.8) is 0 Å². The van der Waals surface area contributed by atoms with E-state index in [1.807, 2.05) is 26.0 Å². The Bertz CT molecular complexity index is 864. The molecule has 0 radical (unpaired) electrons. The second kappa shape index (κ2) is 17.4. The Morgan fingerprint density at radius 1 is 0.921 bits per heavy atom. The van der Waals surface area contributed by atoms with Crippen molar-refractivity contribution in [3.05, 3.63) is 34.9 Å². The molecule has 8 heteroatoms. The molecule has 0 aliphatic rings. The fraction of sp³-hybridized carbons (Fsp3) is 0.700. The summed E-state index contributed by atoms with van der Waals surface area (Å²) >= 11 is 4.37. The first-order chi connectivity index (χ1) is 17.9. The number of unbranched alkanes of at least 4 members (excludes halogenated alkanes) is 6. The van der Waals surface area contributed by atoms with Crippen LogP contribution in [-0.2, 0) is 14.3 Å². The number of nitrogens with one attached hydrogen (secondary N) is 2. The first-order valence-electron chi connectivity index (χ1n) is 14.2. The number of carbonyl (C=O) groups is 3. The van der Waals surface area contributed by atoms with Gasteiger partial charge in [-0.15, -0.1) is 0 Å². The number of aryl methyl sites for hydroxylation is 2. The highest BCUT2D eigenvalue weighted by Crippen LogP contribution is 2.26. The fourth-order valence-electron chi connectivity index (χ4n) is 4.41. The van der Waals surface area contributed by atoms with Crippen LogP contribution in [0.1, 0.15) is 109 Å². The van der Waals surface area contributed by atoms with Crippen molar-refractivity contribution in [1.82, 2.24) is 15.5 Å². The van der Waals surface area contributed by atoms with Gasteiger partial charge in [-0.1, -0.05) is 81.7 Å². The number of alkyl carbamates (subject to hydrolysis) is 1. The van der Waals surface area contributed by atoms with Crippen LogP contribution in [0.2, 0.25) is 0 Å². The molecule has 0 aromatic heterocycles. The molecule has 216 valence electrons. The minimum absolute atomic E-state index is 0.0854. The summed E-state index contributed by atoms with van der Waals surface area (Å²) in [5.41, 5.74) is 2.12. The van der Waals surface area contributed by atoms with Gasteiger partial charge in [0.1, 0.15) is 17.7 Å². The monoisotopic (exact) mass is 549 g/mol. The highest BCUT2D eigenvalue weighted by Gasteiger charge is 2.35. The summed E-state index contributed by atoms with van der Waals surface area (Å²) < 4.78 is 5.39. The van der Waals surface area contributed by atoms with E-state index in [1.165, 1.54) is 0 Å². The van der Waals surface area contributed by atoms with Crippen LogP contribution in [0, 0.1) is 13.8 Å². The van der Waals surface area contributed by atoms with Crippen LogP contribution in [-0.4, -0.2) is 53.3 Å². The number of hydrogen-bond acceptors (Lipinski definition) is 5. The smallest absolute Gasteiger partial charge is 0.408 e. The summed E-state index contributed by atoms with van der Waals surface area (Å²) in [6, 6.07) is 4.26. The summed E-state index contributed by atoms with van der Waals surface area (Å²) in [7, 11) is 0. The molecule has 0 aliphatic carbocycles. The molecule has 0 heterocycles.